The molecule has 2 aromatic rings. The standard InChI is InChI=1S/C17H19Cl3NO3P.ClH/c18-14-4-1-12(2-5-14)10-25(23,24)11-15(22)9-21-8-13-3-6-16(19)17(20)7-13;/h1-7,15,21-22H,8-11H2,(H,23,24);1H/t15-;/m1./s1. The third kappa shape index (κ3) is 8.16. The van der Waals surface area contributed by atoms with E-state index >= 15 is 0 Å². The summed E-state index contributed by atoms with van der Waals surface area (Å²) >= 11 is 17.6. The molecule has 0 heterocycles. The zero-order valence-electron chi connectivity index (χ0n) is 13.7. The van der Waals surface area contributed by atoms with Gasteiger partial charge in [0.05, 0.1) is 22.3 Å². The van der Waals surface area contributed by atoms with Gasteiger partial charge in [0.1, 0.15) is 0 Å². The topological polar surface area (TPSA) is 69.6 Å². The molecule has 0 spiro atoms. The summed E-state index contributed by atoms with van der Waals surface area (Å²) in [6.07, 6.45) is -1.09. The van der Waals surface area contributed by atoms with Gasteiger partial charge in [-0.2, -0.15) is 0 Å². The van der Waals surface area contributed by atoms with Crippen LogP contribution >= 0.6 is 54.6 Å². The predicted octanol–water partition coefficient (Wildman–Crippen LogP) is 4.99. The first kappa shape index (κ1) is 23.7. The van der Waals surface area contributed by atoms with Crippen LogP contribution in [0.2, 0.25) is 15.1 Å². The van der Waals surface area contributed by atoms with Crippen molar-refractivity contribution in [3.63, 3.8) is 0 Å². The van der Waals surface area contributed by atoms with Crippen LogP contribution in [0.25, 0.3) is 0 Å². The van der Waals surface area contributed by atoms with E-state index in [1.54, 1.807) is 36.4 Å². The van der Waals surface area contributed by atoms with Gasteiger partial charge >= 0.3 is 0 Å². The predicted molar refractivity (Wildman–Crippen MR) is 111 cm³/mol. The molecule has 0 aliphatic heterocycles. The monoisotopic (exact) mass is 457 g/mol. The van der Waals surface area contributed by atoms with Crippen molar-refractivity contribution < 1.29 is 14.6 Å². The molecule has 2 rings (SSSR count). The summed E-state index contributed by atoms with van der Waals surface area (Å²) in [5.41, 5.74) is 1.63. The third-order valence-corrected chi connectivity index (χ3v) is 6.37. The molecular weight excluding hydrogens is 439 g/mol. The summed E-state index contributed by atoms with van der Waals surface area (Å²) in [6.45, 7) is 0.673. The molecule has 9 heteroatoms. The average Bonchev–Trinajstić information content (AvgIpc) is 2.52. The zero-order chi connectivity index (χ0) is 18.4. The van der Waals surface area contributed by atoms with E-state index in [4.69, 9.17) is 34.8 Å². The number of benzene rings is 2. The third-order valence-electron chi connectivity index (χ3n) is 3.53. The van der Waals surface area contributed by atoms with Crippen LogP contribution in [0.15, 0.2) is 42.5 Å². The minimum atomic E-state index is -3.48. The lowest BCUT2D eigenvalue weighted by atomic mass is 10.2. The van der Waals surface area contributed by atoms with E-state index in [2.05, 4.69) is 5.32 Å². The summed E-state index contributed by atoms with van der Waals surface area (Å²) in [5.74, 6) is 0. The highest BCUT2D eigenvalue weighted by Gasteiger charge is 2.23. The van der Waals surface area contributed by atoms with Gasteiger partial charge in [0.2, 0.25) is 7.37 Å². The fourth-order valence-corrected chi connectivity index (χ4v) is 4.51. The van der Waals surface area contributed by atoms with Crippen molar-refractivity contribution in [2.75, 3.05) is 12.7 Å². The Kier molecular flexibility index (Phi) is 9.95. The van der Waals surface area contributed by atoms with Crippen molar-refractivity contribution in [2.45, 2.75) is 18.8 Å². The molecule has 2 aromatic carbocycles. The van der Waals surface area contributed by atoms with Gasteiger partial charge in [0.15, 0.2) is 0 Å². The number of rotatable bonds is 8. The maximum Gasteiger partial charge on any atom is 0.207 e. The lowest BCUT2D eigenvalue weighted by molar-refractivity contribution is 0.190. The first-order chi connectivity index (χ1) is 11.7. The molecule has 0 aromatic heterocycles. The molecule has 0 aliphatic carbocycles. The van der Waals surface area contributed by atoms with Gasteiger partial charge in [-0.25, -0.2) is 0 Å². The van der Waals surface area contributed by atoms with Crippen molar-refractivity contribution in [1.82, 2.24) is 5.32 Å². The molecule has 0 radical (unpaired) electrons. The number of aliphatic hydroxyl groups is 1. The van der Waals surface area contributed by atoms with Crippen LogP contribution in [0.5, 0.6) is 0 Å². The quantitative estimate of drug-likeness (QED) is 0.487. The largest absolute Gasteiger partial charge is 0.391 e. The maximum absolute atomic E-state index is 12.3. The van der Waals surface area contributed by atoms with E-state index in [-0.39, 0.29) is 31.3 Å². The lowest BCUT2D eigenvalue weighted by Gasteiger charge is -2.17. The molecule has 0 fully saturated rings. The molecule has 0 aliphatic rings. The molecule has 0 saturated heterocycles. The van der Waals surface area contributed by atoms with Crippen molar-refractivity contribution >= 4 is 54.6 Å². The van der Waals surface area contributed by atoms with Gasteiger partial charge in [0, 0.05) is 24.3 Å². The van der Waals surface area contributed by atoms with E-state index in [9.17, 15) is 14.6 Å². The Morgan fingerprint density at radius 2 is 1.62 bits per heavy atom. The first-order valence-electron chi connectivity index (χ1n) is 7.63. The lowest BCUT2D eigenvalue weighted by Crippen LogP contribution is -2.29. The molecule has 0 saturated carbocycles. The van der Waals surface area contributed by atoms with E-state index < -0.39 is 13.5 Å². The summed E-state index contributed by atoms with van der Waals surface area (Å²) in [4.78, 5) is 10.1. The van der Waals surface area contributed by atoms with Gasteiger partial charge in [0.25, 0.3) is 0 Å². The normalized spacial score (nSPS) is 14.3. The molecule has 4 nitrogen and oxygen atoms in total. The molecular formula is C17H20Cl4NO3P. The highest BCUT2D eigenvalue weighted by atomic mass is 35.5. The second-order valence-electron chi connectivity index (χ2n) is 5.85. The van der Waals surface area contributed by atoms with Gasteiger partial charge in [-0.3, -0.25) is 4.57 Å². The Labute approximate surface area is 174 Å². The number of aliphatic hydroxyl groups excluding tert-OH is 1. The highest BCUT2D eigenvalue weighted by Crippen LogP contribution is 2.45. The molecule has 2 atom stereocenters. The summed E-state index contributed by atoms with van der Waals surface area (Å²) in [7, 11) is -3.48. The fraction of sp³-hybridized carbons (Fsp3) is 0.294. The Morgan fingerprint density at radius 3 is 2.23 bits per heavy atom. The van der Waals surface area contributed by atoms with Gasteiger partial charge in [-0.05, 0) is 35.4 Å². The van der Waals surface area contributed by atoms with Crippen LogP contribution in [0, 0.1) is 0 Å². The summed E-state index contributed by atoms with van der Waals surface area (Å²) in [6, 6.07) is 12.0. The van der Waals surface area contributed by atoms with Crippen LogP contribution in [0.1, 0.15) is 11.1 Å². The first-order valence-corrected chi connectivity index (χ1v) is 10.8. The average molecular weight is 459 g/mol. The highest BCUT2D eigenvalue weighted by molar-refractivity contribution is 7.57. The van der Waals surface area contributed by atoms with E-state index in [1.807, 2.05) is 6.07 Å². The molecule has 26 heavy (non-hydrogen) atoms. The van der Waals surface area contributed by atoms with E-state index in [0.717, 1.165) is 5.56 Å². The van der Waals surface area contributed by atoms with Gasteiger partial charge in [-0.1, -0.05) is 53.0 Å². The van der Waals surface area contributed by atoms with Crippen molar-refractivity contribution in [1.29, 1.82) is 0 Å². The van der Waals surface area contributed by atoms with Gasteiger partial charge in [-0.15, -0.1) is 12.4 Å². The minimum Gasteiger partial charge on any atom is -0.391 e. The van der Waals surface area contributed by atoms with Crippen molar-refractivity contribution in [3.8, 4) is 0 Å². The Bertz CT molecular complexity index is 758. The number of halogens is 4. The second kappa shape index (κ2) is 10.9. The number of hydrogen-bond donors (Lipinski definition) is 3. The molecule has 0 amide bonds. The molecule has 3 N–H and O–H groups in total. The van der Waals surface area contributed by atoms with Crippen LogP contribution in [-0.4, -0.2) is 28.8 Å². The Hall–Kier alpha value is -0.290. The smallest absolute Gasteiger partial charge is 0.207 e. The van der Waals surface area contributed by atoms with Crippen molar-refractivity contribution in [2.24, 2.45) is 0 Å². The summed E-state index contributed by atoms with van der Waals surface area (Å²) in [5, 5.41) is 14.6. The van der Waals surface area contributed by atoms with E-state index in [1.165, 1.54) is 0 Å². The molecule has 1 unspecified atom stereocenters. The summed E-state index contributed by atoms with van der Waals surface area (Å²) < 4.78 is 12.3. The van der Waals surface area contributed by atoms with Crippen LogP contribution in [-0.2, 0) is 17.3 Å². The zero-order valence-corrected chi connectivity index (χ0v) is 17.7. The van der Waals surface area contributed by atoms with Gasteiger partial charge < -0.3 is 15.3 Å². The SMILES string of the molecule is Cl.O=P(O)(Cc1ccc(Cl)cc1)C[C@H](O)CNCc1ccc(Cl)c(Cl)c1. The van der Waals surface area contributed by atoms with E-state index in [0.29, 0.717) is 27.2 Å². The van der Waals surface area contributed by atoms with Crippen LogP contribution in [0.4, 0.5) is 0 Å². The fourth-order valence-electron chi connectivity index (χ4n) is 2.37. The second-order valence-corrected chi connectivity index (χ2v) is 9.47. The molecule has 0 bridgehead atoms. The maximum atomic E-state index is 12.3. The van der Waals surface area contributed by atoms with Crippen LogP contribution in [0.3, 0.4) is 0 Å². The minimum absolute atomic E-state index is 0. The Balaban J connectivity index is 0.00000338. The Morgan fingerprint density at radius 1 is 1.00 bits per heavy atom. The van der Waals surface area contributed by atoms with Crippen LogP contribution < -0.4 is 5.32 Å². The number of nitrogens with one attached hydrogen (secondary N) is 1. The van der Waals surface area contributed by atoms with Crippen molar-refractivity contribution in [3.05, 3.63) is 68.7 Å². The molecule has 144 valence electrons. The number of hydrogen-bond acceptors (Lipinski definition) is 3.